The third-order valence-electron chi connectivity index (χ3n) is 2.57. The van der Waals surface area contributed by atoms with Gasteiger partial charge in [-0.15, -0.1) is 0 Å². The Morgan fingerprint density at radius 1 is 1.53 bits per heavy atom. The first-order valence-electron chi connectivity index (χ1n) is 5.27. The highest BCUT2D eigenvalue weighted by Crippen LogP contribution is 2.21. The van der Waals surface area contributed by atoms with E-state index in [-0.39, 0.29) is 0 Å². The zero-order chi connectivity index (χ0) is 11.3. The van der Waals surface area contributed by atoms with Gasteiger partial charge in [0.05, 0.1) is 6.26 Å². The van der Waals surface area contributed by atoms with Crippen LogP contribution in [-0.4, -0.2) is 50.1 Å². The predicted octanol–water partition coefficient (Wildman–Crippen LogP) is 0.350. The maximum atomic E-state index is 11.4. The van der Waals surface area contributed by atoms with Crippen LogP contribution in [0.1, 0.15) is 12.8 Å². The van der Waals surface area contributed by atoms with Gasteiger partial charge in [-0.2, -0.15) is 11.8 Å². The Hall–Kier alpha value is 0.220. The second-order valence-electron chi connectivity index (χ2n) is 3.99. The van der Waals surface area contributed by atoms with Crippen molar-refractivity contribution in [2.24, 2.45) is 11.7 Å². The first-order valence-corrected chi connectivity index (χ1v) is 8.27. The summed E-state index contributed by atoms with van der Waals surface area (Å²) in [6.07, 6.45) is 3.42. The predicted molar refractivity (Wildman–Crippen MR) is 65.5 cm³/mol. The Balaban J connectivity index is 2.36. The Labute approximate surface area is 96.6 Å². The molecule has 1 fully saturated rings. The molecule has 90 valence electrons. The molecule has 0 aromatic carbocycles. The highest BCUT2D eigenvalue weighted by Gasteiger charge is 2.25. The minimum atomic E-state index is -2.99. The minimum Gasteiger partial charge on any atom is -0.330 e. The number of nitrogens with zero attached hydrogens (tertiary/aromatic N) is 1. The van der Waals surface area contributed by atoms with E-state index in [4.69, 9.17) is 5.73 Å². The number of hydrogen-bond donors (Lipinski definition) is 1. The van der Waals surface area contributed by atoms with Gasteiger partial charge in [0.15, 0.2) is 0 Å². The number of nitrogens with two attached hydrogens (primary N) is 1. The second kappa shape index (κ2) is 6.08. The third kappa shape index (κ3) is 4.72. The molecule has 0 aromatic rings. The average molecular weight is 252 g/mol. The van der Waals surface area contributed by atoms with Crippen molar-refractivity contribution in [3.63, 3.8) is 0 Å². The molecule has 2 N–H and O–H groups in total. The normalized spacial score (nSPS) is 24.3. The lowest BCUT2D eigenvalue weighted by Gasteiger charge is -2.30. The molecule has 4 nitrogen and oxygen atoms in total. The highest BCUT2D eigenvalue weighted by atomic mass is 32.2. The van der Waals surface area contributed by atoms with Crippen molar-refractivity contribution in [3.05, 3.63) is 0 Å². The number of thioether (sulfide) groups is 1. The maximum Gasteiger partial charge on any atom is 0.211 e. The van der Waals surface area contributed by atoms with Crippen LogP contribution in [0.4, 0.5) is 0 Å². The highest BCUT2D eigenvalue weighted by molar-refractivity contribution is 7.99. The molecule has 0 amide bonds. The van der Waals surface area contributed by atoms with E-state index in [1.54, 1.807) is 4.31 Å². The lowest BCUT2D eigenvalue weighted by Crippen LogP contribution is -2.40. The van der Waals surface area contributed by atoms with Gasteiger partial charge in [-0.25, -0.2) is 12.7 Å². The Morgan fingerprint density at radius 2 is 2.27 bits per heavy atom. The van der Waals surface area contributed by atoms with Crippen molar-refractivity contribution in [1.82, 2.24) is 4.31 Å². The molecule has 0 saturated carbocycles. The monoisotopic (exact) mass is 252 g/mol. The SMILES string of the molecule is CS(=O)(=O)N1CCCC(CSCCN)C1. The second-order valence-corrected chi connectivity index (χ2v) is 7.13. The average Bonchev–Trinajstić information content (AvgIpc) is 2.17. The topological polar surface area (TPSA) is 63.4 Å². The van der Waals surface area contributed by atoms with Crippen LogP contribution in [0.3, 0.4) is 0 Å². The van der Waals surface area contributed by atoms with E-state index in [0.717, 1.165) is 24.3 Å². The quantitative estimate of drug-likeness (QED) is 0.717. The summed E-state index contributed by atoms with van der Waals surface area (Å²) in [4.78, 5) is 0. The van der Waals surface area contributed by atoms with Gasteiger partial charge in [0.25, 0.3) is 0 Å². The lowest BCUT2D eigenvalue weighted by molar-refractivity contribution is 0.286. The standard InChI is InChI=1S/C9H20N2O2S2/c1-15(12,13)11-5-2-3-9(7-11)8-14-6-4-10/h9H,2-8,10H2,1H3. The summed E-state index contributed by atoms with van der Waals surface area (Å²) in [7, 11) is -2.99. The van der Waals surface area contributed by atoms with Gasteiger partial charge in [-0.3, -0.25) is 0 Å². The van der Waals surface area contributed by atoms with Crippen LogP contribution in [0.15, 0.2) is 0 Å². The third-order valence-corrected chi connectivity index (χ3v) is 5.07. The van der Waals surface area contributed by atoms with E-state index >= 15 is 0 Å². The fourth-order valence-electron chi connectivity index (χ4n) is 1.80. The van der Waals surface area contributed by atoms with E-state index in [2.05, 4.69) is 0 Å². The molecule has 15 heavy (non-hydrogen) atoms. The van der Waals surface area contributed by atoms with Crippen LogP contribution in [0, 0.1) is 5.92 Å². The smallest absolute Gasteiger partial charge is 0.211 e. The van der Waals surface area contributed by atoms with Gasteiger partial charge in [0.1, 0.15) is 0 Å². The van der Waals surface area contributed by atoms with E-state index in [1.807, 2.05) is 11.8 Å². The molecule has 1 unspecified atom stereocenters. The molecule has 1 aliphatic rings. The van der Waals surface area contributed by atoms with Gasteiger partial charge in [-0.1, -0.05) is 0 Å². The van der Waals surface area contributed by atoms with Crippen molar-refractivity contribution in [3.8, 4) is 0 Å². The van der Waals surface area contributed by atoms with Crippen molar-refractivity contribution >= 4 is 21.8 Å². The summed E-state index contributed by atoms with van der Waals surface area (Å²) < 4.78 is 24.3. The number of hydrogen-bond acceptors (Lipinski definition) is 4. The fraction of sp³-hybridized carbons (Fsp3) is 1.00. The van der Waals surface area contributed by atoms with E-state index < -0.39 is 10.0 Å². The van der Waals surface area contributed by atoms with Gasteiger partial charge in [-0.05, 0) is 24.5 Å². The number of sulfonamides is 1. The van der Waals surface area contributed by atoms with Gasteiger partial charge < -0.3 is 5.73 Å². The number of piperidine rings is 1. The maximum absolute atomic E-state index is 11.4. The van der Waals surface area contributed by atoms with Crippen LogP contribution in [-0.2, 0) is 10.0 Å². The first kappa shape index (κ1) is 13.3. The fourth-order valence-corrected chi connectivity index (χ4v) is 3.68. The van der Waals surface area contributed by atoms with Crippen LogP contribution in [0.25, 0.3) is 0 Å². The number of rotatable bonds is 5. The van der Waals surface area contributed by atoms with Crippen molar-refractivity contribution in [2.75, 3.05) is 37.4 Å². The Kier molecular flexibility index (Phi) is 5.38. The zero-order valence-electron chi connectivity index (χ0n) is 9.18. The van der Waals surface area contributed by atoms with Gasteiger partial charge in [0, 0.05) is 25.4 Å². The van der Waals surface area contributed by atoms with Crippen LogP contribution < -0.4 is 5.73 Å². The van der Waals surface area contributed by atoms with Crippen LogP contribution in [0.2, 0.25) is 0 Å². The van der Waals surface area contributed by atoms with Crippen molar-refractivity contribution < 1.29 is 8.42 Å². The molecule has 1 atom stereocenters. The molecule has 0 aromatic heterocycles. The van der Waals surface area contributed by atoms with Crippen molar-refractivity contribution in [2.45, 2.75) is 12.8 Å². The van der Waals surface area contributed by atoms with Crippen LogP contribution >= 0.6 is 11.8 Å². The minimum absolute atomic E-state index is 0.505. The summed E-state index contributed by atoms with van der Waals surface area (Å²) >= 11 is 1.83. The molecule has 0 aliphatic carbocycles. The molecule has 0 spiro atoms. The largest absolute Gasteiger partial charge is 0.330 e. The summed E-state index contributed by atoms with van der Waals surface area (Å²) in [5.41, 5.74) is 5.41. The first-order chi connectivity index (χ1) is 7.04. The van der Waals surface area contributed by atoms with E-state index in [0.29, 0.717) is 25.6 Å². The molecular weight excluding hydrogens is 232 g/mol. The summed E-state index contributed by atoms with van der Waals surface area (Å²) in [5.74, 6) is 2.50. The molecule has 0 radical (unpaired) electrons. The molecular formula is C9H20N2O2S2. The Morgan fingerprint density at radius 3 is 2.87 bits per heavy atom. The molecule has 1 heterocycles. The molecule has 0 bridgehead atoms. The summed E-state index contributed by atoms with van der Waals surface area (Å²) in [6, 6.07) is 0. The van der Waals surface area contributed by atoms with E-state index in [1.165, 1.54) is 6.26 Å². The van der Waals surface area contributed by atoms with Crippen LogP contribution in [0.5, 0.6) is 0 Å². The molecule has 1 rings (SSSR count). The van der Waals surface area contributed by atoms with Gasteiger partial charge in [0.2, 0.25) is 10.0 Å². The molecule has 1 saturated heterocycles. The van der Waals surface area contributed by atoms with E-state index in [9.17, 15) is 8.42 Å². The molecule has 1 aliphatic heterocycles. The Bertz CT molecular complexity index is 280. The van der Waals surface area contributed by atoms with Crippen molar-refractivity contribution in [1.29, 1.82) is 0 Å². The summed E-state index contributed by atoms with van der Waals surface area (Å²) in [6.45, 7) is 2.08. The zero-order valence-corrected chi connectivity index (χ0v) is 10.8. The van der Waals surface area contributed by atoms with Gasteiger partial charge >= 0.3 is 0 Å². The lowest BCUT2D eigenvalue weighted by atomic mass is 10.0. The summed E-state index contributed by atoms with van der Waals surface area (Å²) in [5, 5.41) is 0. The molecule has 6 heteroatoms.